The van der Waals surface area contributed by atoms with E-state index in [9.17, 15) is 13.2 Å². The Bertz CT molecular complexity index is 416. The highest BCUT2D eigenvalue weighted by molar-refractivity contribution is 5.85. The Labute approximate surface area is 128 Å². The average molecular weight is 327 g/mol. The maximum atomic E-state index is 12.5. The van der Waals surface area contributed by atoms with Gasteiger partial charge in [0.2, 0.25) is 0 Å². The van der Waals surface area contributed by atoms with Crippen LogP contribution < -0.4 is 5.32 Å². The lowest BCUT2D eigenvalue weighted by atomic mass is 10.0. The van der Waals surface area contributed by atoms with E-state index in [0.29, 0.717) is 18.3 Å². The van der Waals surface area contributed by atoms with Crippen molar-refractivity contribution >= 4 is 12.4 Å². The van der Waals surface area contributed by atoms with E-state index in [-0.39, 0.29) is 12.4 Å². The molecule has 0 saturated carbocycles. The van der Waals surface area contributed by atoms with Crippen LogP contribution in [-0.4, -0.2) is 40.8 Å². The van der Waals surface area contributed by atoms with Gasteiger partial charge in [0.1, 0.15) is 0 Å². The largest absolute Gasteiger partial charge is 0.435 e. The van der Waals surface area contributed by atoms with Crippen LogP contribution in [0.1, 0.15) is 37.6 Å². The molecule has 1 fully saturated rings. The molecule has 0 amide bonds. The number of halogens is 4. The number of H-pyrrole nitrogens is 1. The number of piperidine rings is 1. The Kier molecular flexibility index (Phi) is 6.96. The average Bonchev–Trinajstić information content (AvgIpc) is 2.88. The smallest absolute Gasteiger partial charge is 0.317 e. The van der Waals surface area contributed by atoms with E-state index in [0.717, 1.165) is 45.0 Å². The molecule has 4 nitrogen and oxygen atoms in total. The van der Waals surface area contributed by atoms with E-state index in [1.54, 1.807) is 0 Å². The summed E-state index contributed by atoms with van der Waals surface area (Å²) >= 11 is 0. The summed E-state index contributed by atoms with van der Waals surface area (Å²) in [7, 11) is 0. The summed E-state index contributed by atoms with van der Waals surface area (Å²) in [6.45, 7) is 5.43. The van der Waals surface area contributed by atoms with E-state index in [4.69, 9.17) is 0 Å². The fourth-order valence-electron chi connectivity index (χ4n) is 2.66. The van der Waals surface area contributed by atoms with Crippen molar-refractivity contribution in [2.45, 2.75) is 44.9 Å². The van der Waals surface area contributed by atoms with Gasteiger partial charge < -0.3 is 5.32 Å². The summed E-state index contributed by atoms with van der Waals surface area (Å²) in [5, 5.41) is 9.17. The zero-order valence-corrected chi connectivity index (χ0v) is 12.9. The van der Waals surface area contributed by atoms with E-state index >= 15 is 0 Å². The van der Waals surface area contributed by atoms with E-state index in [1.165, 1.54) is 0 Å². The first-order chi connectivity index (χ1) is 9.50. The van der Waals surface area contributed by atoms with E-state index in [1.807, 2.05) is 0 Å². The molecule has 0 radical (unpaired) electrons. The van der Waals surface area contributed by atoms with Crippen molar-refractivity contribution in [2.24, 2.45) is 0 Å². The second-order valence-corrected chi connectivity index (χ2v) is 5.23. The SMILES string of the molecule is CCCN(Cc1cc(C(F)(F)F)n[nH]1)C1CCNCC1.Cl. The summed E-state index contributed by atoms with van der Waals surface area (Å²) in [6.07, 6.45) is -1.30. The number of alkyl halides is 3. The van der Waals surface area contributed by atoms with E-state index in [2.05, 4.69) is 27.3 Å². The molecule has 1 aliphatic rings. The molecule has 8 heteroatoms. The van der Waals surface area contributed by atoms with Crippen molar-refractivity contribution in [3.8, 4) is 0 Å². The molecular formula is C13H22ClF3N4. The minimum absolute atomic E-state index is 0. The van der Waals surface area contributed by atoms with Crippen LogP contribution in [0.25, 0.3) is 0 Å². The molecule has 2 rings (SSSR count). The van der Waals surface area contributed by atoms with Crippen molar-refractivity contribution in [1.82, 2.24) is 20.4 Å². The third kappa shape index (κ3) is 5.16. The highest BCUT2D eigenvalue weighted by Gasteiger charge is 2.34. The number of nitrogens with one attached hydrogen (secondary N) is 2. The molecule has 0 aliphatic carbocycles. The zero-order chi connectivity index (χ0) is 14.6. The molecule has 122 valence electrons. The van der Waals surface area contributed by atoms with Gasteiger partial charge in [0.25, 0.3) is 0 Å². The molecule has 2 heterocycles. The number of rotatable bonds is 5. The summed E-state index contributed by atoms with van der Waals surface area (Å²) in [5.41, 5.74) is -0.307. The van der Waals surface area contributed by atoms with Crippen molar-refractivity contribution < 1.29 is 13.2 Å². The molecule has 0 aromatic carbocycles. The first-order valence-electron chi connectivity index (χ1n) is 7.07. The number of nitrogens with zero attached hydrogens (tertiary/aromatic N) is 2. The Balaban J connectivity index is 0.00000220. The van der Waals surface area contributed by atoms with Crippen LogP contribution >= 0.6 is 12.4 Å². The number of hydrogen-bond acceptors (Lipinski definition) is 3. The Morgan fingerprint density at radius 2 is 2.00 bits per heavy atom. The van der Waals surface area contributed by atoms with Crippen molar-refractivity contribution in [3.63, 3.8) is 0 Å². The fraction of sp³-hybridized carbons (Fsp3) is 0.769. The molecule has 0 spiro atoms. The molecule has 21 heavy (non-hydrogen) atoms. The third-order valence-corrected chi connectivity index (χ3v) is 3.63. The minimum Gasteiger partial charge on any atom is -0.317 e. The Morgan fingerprint density at radius 1 is 1.33 bits per heavy atom. The highest BCUT2D eigenvalue weighted by atomic mass is 35.5. The van der Waals surface area contributed by atoms with Gasteiger partial charge in [0.05, 0.1) is 0 Å². The second kappa shape index (κ2) is 8.00. The molecule has 0 unspecified atom stereocenters. The van der Waals surface area contributed by atoms with Crippen LogP contribution in [0.4, 0.5) is 13.2 Å². The van der Waals surface area contributed by atoms with Gasteiger partial charge in [0, 0.05) is 18.3 Å². The molecule has 0 bridgehead atoms. The predicted octanol–water partition coefficient (Wildman–Crippen LogP) is 2.81. The lowest BCUT2D eigenvalue weighted by Gasteiger charge is -2.34. The topological polar surface area (TPSA) is 44.0 Å². The zero-order valence-electron chi connectivity index (χ0n) is 12.0. The van der Waals surface area contributed by atoms with E-state index < -0.39 is 11.9 Å². The summed E-state index contributed by atoms with van der Waals surface area (Å²) in [4.78, 5) is 2.26. The van der Waals surface area contributed by atoms with Gasteiger partial charge in [-0.15, -0.1) is 12.4 Å². The number of aromatic amines is 1. The molecule has 1 aliphatic heterocycles. The minimum atomic E-state index is -4.38. The predicted molar refractivity (Wildman–Crippen MR) is 77.4 cm³/mol. The highest BCUT2D eigenvalue weighted by Crippen LogP contribution is 2.28. The van der Waals surface area contributed by atoms with Crippen molar-refractivity contribution in [2.75, 3.05) is 19.6 Å². The lowest BCUT2D eigenvalue weighted by molar-refractivity contribution is -0.141. The van der Waals surface area contributed by atoms with Crippen LogP contribution in [-0.2, 0) is 12.7 Å². The van der Waals surface area contributed by atoms with Crippen molar-refractivity contribution in [1.29, 1.82) is 0 Å². The van der Waals surface area contributed by atoms with Gasteiger partial charge in [-0.3, -0.25) is 10.00 Å². The number of aromatic nitrogens is 2. The fourth-order valence-corrected chi connectivity index (χ4v) is 2.66. The van der Waals surface area contributed by atoms with Gasteiger partial charge in [-0.25, -0.2) is 0 Å². The molecule has 0 atom stereocenters. The monoisotopic (exact) mass is 326 g/mol. The molecule has 1 aromatic rings. The molecule has 1 aromatic heterocycles. The standard InChI is InChI=1S/C13H21F3N4.ClH/c1-2-7-20(11-3-5-17-6-4-11)9-10-8-12(19-18-10)13(14,15)16;/h8,11,17H,2-7,9H2,1H3,(H,18,19);1H. The summed E-state index contributed by atoms with van der Waals surface area (Å²) in [5.74, 6) is 0. The van der Waals surface area contributed by atoms with Crippen LogP contribution in [0.2, 0.25) is 0 Å². The van der Waals surface area contributed by atoms with Crippen LogP contribution in [0.15, 0.2) is 6.07 Å². The van der Waals surface area contributed by atoms with Crippen LogP contribution in [0.3, 0.4) is 0 Å². The van der Waals surface area contributed by atoms with Gasteiger partial charge in [-0.2, -0.15) is 18.3 Å². The summed E-state index contributed by atoms with van der Waals surface area (Å²) in [6, 6.07) is 1.55. The van der Waals surface area contributed by atoms with Gasteiger partial charge in [-0.05, 0) is 45.0 Å². The van der Waals surface area contributed by atoms with Crippen molar-refractivity contribution in [3.05, 3.63) is 17.5 Å². The van der Waals surface area contributed by atoms with Crippen LogP contribution in [0, 0.1) is 0 Å². The maximum Gasteiger partial charge on any atom is 0.435 e. The molecule has 2 N–H and O–H groups in total. The quantitative estimate of drug-likeness (QED) is 0.874. The Morgan fingerprint density at radius 3 is 2.52 bits per heavy atom. The second-order valence-electron chi connectivity index (χ2n) is 5.23. The maximum absolute atomic E-state index is 12.5. The van der Waals surface area contributed by atoms with Gasteiger partial charge in [0.15, 0.2) is 5.69 Å². The number of hydrogen-bond donors (Lipinski definition) is 2. The molecule has 1 saturated heterocycles. The third-order valence-electron chi connectivity index (χ3n) is 3.63. The van der Waals surface area contributed by atoms with Gasteiger partial charge >= 0.3 is 6.18 Å². The first kappa shape index (κ1) is 18.3. The Hall–Kier alpha value is -0.790. The van der Waals surface area contributed by atoms with Crippen LogP contribution in [0.5, 0.6) is 0 Å². The van der Waals surface area contributed by atoms with Gasteiger partial charge in [-0.1, -0.05) is 6.92 Å². The molecular weight excluding hydrogens is 305 g/mol. The summed E-state index contributed by atoms with van der Waals surface area (Å²) < 4.78 is 37.6. The first-order valence-corrected chi connectivity index (χ1v) is 7.07. The normalized spacial score (nSPS) is 17.0. The lowest BCUT2D eigenvalue weighted by Crippen LogP contribution is -2.43.